The van der Waals surface area contributed by atoms with Crippen molar-refractivity contribution >= 4 is 0 Å². The van der Waals surface area contributed by atoms with Gasteiger partial charge in [-0.05, 0) is 89.0 Å². The molecule has 0 radical (unpaired) electrons. The van der Waals surface area contributed by atoms with Crippen LogP contribution in [0.15, 0.2) is 49.1 Å². The van der Waals surface area contributed by atoms with E-state index in [0.717, 1.165) is 49.8 Å². The van der Waals surface area contributed by atoms with E-state index in [-0.39, 0.29) is 28.6 Å². The van der Waals surface area contributed by atoms with Gasteiger partial charge in [0.1, 0.15) is 11.6 Å². The van der Waals surface area contributed by atoms with Crippen LogP contribution in [-0.2, 0) is 11.3 Å². The molecule has 3 rings (SSSR count). The fourth-order valence-electron chi connectivity index (χ4n) is 5.91. The standard InChI is InChI=1S/C32H45F2NO/c1-7-9-11-12-13-19-36-35-31(3,4)22-26(23-32(35,5)6)25-16-18-28(30(34)21-25)27-17-15-24(14-10-8-2)20-29(27)33/h8,15-18,20-21,26H,2,7,9-14,19,22-23H2,1,3-6H3. The van der Waals surface area contributed by atoms with Gasteiger partial charge in [-0.2, -0.15) is 5.06 Å². The highest BCUT2D eigenvalue weighted by atomic mass is 19.1. The molecule has 198 valence electrons. The minimum absolute atomic E-state index is 0.182. The molecule has 0 saturated carbocycles. The molecule has 2 aromatic carbocycles. The molecule has 1 aliphatic rings. The second-order valence-electron chi connectivity index (χ2n) is 11.7. The van der Waals surface area contributed by atoms with E-state index in [2.05, 4.69) is 46.3 Å². The fourth-order valence-corrected chi connectivity index (χ4v) is 5.91. The van der Waals surface area contributed by atoms with Gasteiger partial charge in [-0.25, -0.2) is 8.78 Å². The van der Waals surface area contributed by atoms with E-state index in [1.807, 2.05) is 18.2 Å². The summed E-state index contributed by atoms with van der Waals surface area (Å²) in [6.45, 7) is 15.5. The monoisotopic (exact) mass is 497 g/mol. The summed E-state index contributed by atoms with van der Waals surface area (Å²) >= 11 is 0. The SMILES string of the molecule is C=CCCc1ccc(-c2ccc(C3CC(C)(C)N(OCCCCCCC)C(C)(C)C3)cc2F)c(F)c1. The van der Waals surface area contributed by atoms with E-state index in [4.69, 9.17) is 4.84 Å². The number of hydroxylamine groups is 2. The maximum absolute atomic E-state index is 15.3. The predicted molar refractivity (Wildman–Crippen MR) is 147 cm³/mol. The van der Waals surface area contributed by atoms with Crippen molar-refractivity contribution in [2.45, 2.75) is 109 Å². The van der Waals surface area contributed by atoms with Crippen molar-refractivity contribution < 1.29 is 13.6 Å². The highest BCUT2D eigenvalue weighted by Crippen LogP contribution is 2.46. The molecular weight excluding hydrogens is 452 g/mol. The maximum Gasteiger partial charge on any atom is 0.131 e. The Bertz CT molecular complexity index is 995. The normalized spacial score (nSPS) is 17.9. The third-order valence-electron chi connectivity index (χ3n) is 7.49. The van der Waals surface area contributed by atoms with Crippen LogP contribution in [0.2, 0.25) is 0 Å². The maximum atomic E-state index is 15.3. The van der Waals surface area contributed by atoms with Crippen LogP contribution in [0.3, 0.4) is 0 Å². The molecule has 1 aliphatic heterocycles. The number of hydrogen-bond donors (Lipinski definition) is 0. The van der Waals surface area contributed by atoms with Gasteiger partial charge in [-0.15, -0.1) is 6.58 Å². The van der Waals surface area contributed by atoms with Crippen LogP contribution in [0, 0.1) is 11.6 Å². The fraction of sp³-hybridized carbons (Fsp3) is 0.562. The van der Waals surface area contributed by atoms with Crippen LogP contribution in [0.5, 0.6) is 0 Å². The number of rotatable bonds is 12. The van der Waals surface area contributed by atoms with E-state index >= 15 is 4.39 Å². The Morgan fingerprint density at radius 2 is 1.53 bits per heavy atom. The molecule has 0 N–H and O–H groups in total. The number of benzene rings is 2. The average Bonchev–Trinajstić information content (AvgIpc) is 2.81. The van der Waals surface area contributed by atoms with Crippen molar-refractivity contribution in [2.75, 3.05) is 6.61 Å². The molecule has 2 nitrogen and oxygen atoms in total. The van der Waals surface area contributed by atoms with Crippen molar-refractivity contribution in [3.8, 4) is 11.1 Å². The molecule has 0 unspecified atom stereocenters. The molecule has 1 fully saturated rings. The first-order chi connectivity index (χ1) is 17.1. The Morgan fingerprint density at radius 1 is 0.917 bits per heavy atom. The molecule has 2 aromatic rings. The van der Waals surface area contributed by atoms with E-state index in [1.54, 1.807) is 18.2 Å². The summed E-state index contributed by atoms with van der Waals surface area (Å²) in [5.74, 6) is -0.550. The van der Waals surface area contributed by atoms with E-state index in [0.29, 0.717) is 11.1 Å². The van der Waals surface area contributed by atoms with Crippen molar-refractivity contribution in [3.05, 3.63) is 71.8 Å². The van der Waals surface area contributed by atoms with Crippen LogP contribution in [0.25, 0.3) is 11.1 Å². The van der Waals surface area contributed by atoms with Crippen LogP contribution in [-0.4, -0.2) is 22.7 Å². The van der Waals surface area contributed by atoms with Crippen LogP contribution in [0.4, 0.5) is 8.78 Å². The third-order valence-corrected chi connectivity index (χ3v) is 7.49. The number of halogens is 2. The van der Waals surface area contributed by atoms with Gasteiger partial charge < -0.3 is 0 Å². The summed E-state index contributed by atoms with van der Waals surface area (Å²) < 4.78 is 30.1. The molecule has 4 heteroatoms. The highest BCUT2D eigenvalue weighted by molar-refractivity contribution is 5.65. The average molecular weight is 498 g/mol. The second-order valence-corrected chi connectivity index (χ2v) is 11.7. The summed E-state index contributed by atoms with van der Waals surface area (Å²) in [6.07, 6.45) is 11.1. The van der Waals surface area contributed by atoms with Gasteiger partial charge in [0, 0.05) is 22.2 Å². The predicted octanol–water partition coefficient (Wildman–Crippen LogP) is 9.39. The Morgan fingerprint density at radius 3 is 2.11 bits per heavy atom. The topological polar surface area (TPSA) is 12.5 Å². The molecule has 0 bridgehead atoms. The van der Waals surface area contributed by atoms with Crippen LogP contribution >= 0.6 is 0 Å². The lowest BCUT2D eigenvalue weighted by molar-refractivity contribution is -0.283. The second kappa shape index (κ2) is 12.5. The molecule has 0 aliphatic carbocycles. The van der Waals surface area contributed by atoms with Gasteiger partial charge in [0.15, 0.2) is 0 Å². The first kappa shape index (κ1) is 28.5. The van der Waals surface area contributed by atoms with E-state index in [1.165, 1.54) is 31.7 Å². The Labute approximate surface area is 217 Å². The lowest BCUT2D eigenvalue weighted by Gasteiger charge is -2.54. The van der Waals surface area contributed by atoms with Crippen molar-refractivity contribution in [3.63, 3.8) is 0 Å². The molecular formula is C32H45F2NO. The lowest BCUT2D eigenvalue weighted by Crippen LogP contribution is -2.59. The number of unbranched alkanes of at least 4 members (excludes halogenated alkanes) is 4. The largest absolute Gasteiger partial charge is 0.298 e. The zero-order valence-electron chi connectivity index (χ0n) is 23.0. The summed E-state index contributed by atoms with van der Waals surface area (Å²) in [6, 6.07) is 10.4. The molecule has 0 aromatic heterocycles. The minimum atomic E-state index is -0.384. The Kier molecular flexibility index (Phi) is 9.88. The van der Waals surface area contributed by atoms with Crippen molar-refractivity contribution in [2.24, 2.45) is 0 Å². The number of aryl methyl sites for hydroxylation is 1. The first-order valence-corrected chi connectivity index (χ1v) is 13.7. The Hall–Kier alpha value is -2.04. The molecule has 0 spiro atoms. The zero-order chi connectivity index (χ0) is 26.3. The van der Waals surface area contributed by atoms with Crippen molar-refractivity contribution in [1.29, 1.82) is 0 Å². The van der Waals surface area contributed by atoms with Gasteiger partial charge in [0.2, 0.25) is 0 Å². The Balaban J connectivity index is 1.72. The minimum Gasteiger partial charge on any atom is -0.298 e. The van der Waals surface area contributed by atoms with E-state index in [9.17, 15) is 4.39 Å². The third kappa shape index (κ3) is 7.04. The molecule has 36 heavy (non-hydrogen) atoms. The molecule has 0 atom stereocenters. The van der Waals surface area contributed by atoms with Crippen LogP contribution < -0.4 is 0 Å². The summed E-state index contributed by atoms with van der Waals surface area (Å²) in [5, 5.41) is 2.18. The van der Waals surface area contributed by atoms with Crippen molar-refractivity contribution in [1.82, 2.24) is 5.06 Å². The van der Waals surface area contributed by atoms with Crippen LogP contribution in [0.1, 0.15) is 103 Å². The lowest BCUT2D eigenvalue weighted by atomic mass is 9.72. The van der Waals surface area contributed by atoms with Gasteiger partial charge in [-0.1, -0.05) is 62.9 Å². The van der Waals surface area contributed by atoms with Gasteiger partial charge >= 0.3 is 0 Å². The zero-order valence-corrected chi connectivity index (χ0v) is 23.0. The van der Waals surface area contributed by atoms with Gasteiger partial charge in [0.05, 0.1) is 6.61 Å². The van der Waals surface area contributed by atoms with E-state index < -0.39 is 0 Å². The van der Waals surface area contributed by atoms with Gasteiger partial charge in [-0.3, -0.25) is 4.84 Å². The molecule has 1 heterocycles. The summed E-state index contributed by atoms with van der Waals surface area (Å²) in [5.41, 5.74) is 2.13. The highest BCUT2D eigenvalue weighted by Gasteiger charge is 2.46. The number of allylic oxidation sites excluding steroid dienone is 1. The van der Waals surface area contributed by atoms with Gasteiger partial charge in [0.25, 0.3) is 0 Å². The number of nitrogens with zero attached hydrogens (tertiary/aromatic N) is 1. The molecule has 0 amide bonds. The first-order valence-electron chi connectivity index (χ1n) is 13.7. The number of piperidine rings is 1. The quantitative estimate of drug-likeness (QED) is 0.214. The number of hydrogen-bond acceptors (Lipinski definition) is 2. The summed E-state index contributed by atoms with van der Waals surface area (Å²) in [4.78, 5) is 6.34. The molecule has 1 saturated heterocycles. The smallest absolute Gasteiger partial charge is 0.131 e. The summed E-state index contributed by atoms with van der Waals surface area (Å²) in [7, 11) is 0.